The molecule has 0 saturated carbocycles. The zero-order valence-electron chi connectivity index (χ0n) is 7.16. The van der Waals surface area contributed by atoms with Crippen molar-refractivity contribution in [1.29, 1.82) is 0 Å². The van der Waals surface area contributed by atoms with Gasteiger partial charge < -0.3 is 5.11 Å². The third-order valence-electron chi connectivity index (χ3n) is 1.97. The highest BCUT2D eigenvalue weighted by molar-refractivity contribution is 5.19. The molecule has 1 nitrogen and oxygen atoms in total. The monoisotopic (exact) mass is 186 g/mol. The minimum absolute atomic E-state index is 0.113. The van der Waals surface area contributed by atoms with Crippen LogP contribution in [0.1, 0.15) is 17.9 Å². The summed E-state index contributed by atoms with van der Waals surface area (Å²) in [6.07, 6.45) is -2.30. The Bertz CT molecular complexity index is 236. The molecule has 0 aliphatic heterocycles. The molecule has 0 saturated heterocycles. The van der Waals surface area contributed by atoms with Crippen molar-refractivity contribution < 1.29 is 13.9 Å². The molecule has 0 radical (unpaired) electrons. The van der Waals surface area contributed by atoms with E-state index in [2.05, 4.69) is 0 Å². The van der Waals surface area contributed by atoms with Crippen LogP contribution in [0.25, 0.3) is 0 Å². The number of rotatable bonds is 4. The van der Waals surface area contributed by atoms with Gasteiger partial charge >= 0.3 is 0 Å². The van der Waals surface area contributed by atoms with E-state index >= 15 is 0 Å². The number of aliphatic hydroxyl groups is 1. The molecule has 3 heteroatoms. The number of hydrogen-bond acceptors (Lipinski definition) is 1. The molecule has 0 heterocycles. The molecule has 72 valence electrons. The van der Waals surface area contributed by atoms with Crippen LogP contribution >= 0.6 is 0 Å². The predicted octanol–water partition coefficient (Wildman–Crippen LogP) is 2.42. The van der Waals surface area contributed by atoms with Crippen LogP contribution < -0.4 is 0 Å². The largest absolute Gasteiger partial charge is 0.396 e. The predicted molar refractivity (Wildman–Crippen MR) is 46.9 cm³/mol. The quantitative estimate of drug-likeness (QED) is 0.765. The van der Waals surface area contributed by atoms with E-state index in [1.54, 1.807) is 30.3 Å². The van der Waals surface area contributed by atoms with Gasteiger partial charge in [-0.3, -0.25) is 0 Å². The summed E-state index contributed by atoms with van der Waals surface area (Å²) in [5.74, 6) is -0.841. The average Bonchev–Trinajstić information content (AvgIpc) is 2.15. The summed E-state index contributed by atoms with van der Waals surface area (Å²) in [7, 11) is 0. The first-order valence-corrected chi connectivity index (χ1v) is 4.19. The molecule has 1 N–H and O–H groups in total. The highest BCUT2D eigenvalue weighted by Gasteiger charge is 2.20. The lowest BCUT2D eigenvalue weighted by Crippen LogP contribution is -2.10. The zero-order chi connectivity index (χ0) is 9.68. The normalized spacial score (nSPS) is 13.2. The van der Waals surface area contributed by atoms with Gasteiger partial charge in [-0.05, 0) is 12.0 Å². The molecule has 1 unspecified atom stereocenters. The molecule has 0 aliphatic rings. The number of hydrogen-bond donors (Lipinski definition) is 1. The van der Waals surface area contributed by atoms with E-state index in [4.69, 9.17) is 5.11 Å². The van der Waals surface area contributed by atoms with Crippen LogP contribution in [0, 0.1) is 0 Å². The van der Waals surface area contributed by atoms with Crippen LogP contribution in [0.5, 0.6) is 0 Å². The molecular weight excluding hydrogens is 174 g/mol. The highest BCUT2D eigenvalue weighted by atomic mass is 19.3. The first kappa shape index (κ1) is 10.1. The summed E-state index contributed by atoms with van der Waals surface area (Å²) in [6, 6.07) is 8.55. The highest BCUT2D eigenvalue weighted by Crippen LogP contribution is 2.25. The Morgan fingerprint density at radius 2 is 1.77 bits per heavy atom. The number of halogens is 2. The summed E-state index contributed by atoms with van der Waals surface area (Å²) in [6.45, 7) is -0.204. The lowest BCUT2D eigenvalue weighted by molar-refractivity contribution is 0.0988. The maximum absolute atomic E-state index is 12.5. The number of alkyl halides is 2. The lowest BCUT2D eigenvalue weighted by Gasteiger charge is -2.14. The van der Waals surface area contributed by atoms with Gasteiger partial charge in [-0.1, -0.05) is 30.3 Å². The van der Waals surface area contributed by atoms with Crippen molar-refractivity contribution in [2.75, 3.05) is 6.61 Å². The standard InChI is InChI=1S/C10H12F2O/c11-10(12)9(6-7-13)8-4-2-1-3-5-8/h1-5,9-10,13H,6-7H2. The number of benzene rings is 1. The third-order valence-corrected chi connectivity index (χ3v) is 1.97. The van der Waals surface area contributed by atoms with E-state index < -0.39 is 12.3 Å². The van der Waals surface area contributed by atoms with E-state index in [0.29, 0.717) is 5.56 Å². The lowest BCUT2D eigenvalue weighted by atomic mass is 9.97. The Balaban J connectivity index is 2.76. The molecular formula is C10H12F2O. The third kappa shape index (κ3) is 2.77. The van der Waals surface area contributed by atoms with E-state index in [9.17, 15) is 8.78 Å². The van der Waals surface area contributed by atoms with Gasteiger partial charge in [-0.25, -0.2) is 8.78 Å². The first-order valence-electron chi connectivity index (χ1n) is 4.19. The molecule has 1 aromatic rings. The minimum Gasteiger partial charge on any atom is -0.396 e. The fraction of sp³-hybridized carbons (Fsp3) is 0.400. The van der Waals surface area contributed by atoms with Crippen LogP contribution in [-0.4, -0.2) is 18.1 Å². The second-order valence-electron chi connectivity index (χ2n) is 2.86. The van der Waals surface area contributed by atoms with Gasteiger partial charge in [0, 0.05) is 12.5 Å². The Morgan fingerprint density at radius 1 is 1.15 bits per heavy atom. The minimum atomic E-state index is -2.41. The van der Waals surface area contributed by atoms with Crippen molar-refractivity contribution in [2.45, 2.75) is 18.8 Å². The van der Waals surface area contributed by atoms with Gasteiger partial charge in [0.15, 0.2) is 0 Å². The maximum Gasteiger partial charge on any atom is 0.245 e. The van der Waals surface area contributed by atoms with Crippen LogP contribution in [0.15, 0.2) is 30.3 Å². The molecule has 0 amide bonds. The molecule has 0 aliphatic carbocycles. The van der Waals surface area contributed by atoms with Gasteiger partial charge in [0.2, 0.25) is 6.43 Å². The van der Waals surface area contributed by atoms with Gasteiger partial charge in [-0.2, -0.15) is 0 Å². The molecule has 0 spiro atoms. The van der Waals surface area contributed by atoms with Crippen LogP contribution in [0.2, 0.25) is 0 Å². The summed E-state index contributed by atoms with van der Waals surface area (Å²) >= 11 is 0. The fourth-order valence-electron chi connectivity index (χ4n) is 1.28. The maximum atomic E-state index is 12.5. The summed E-state index contributed by atoms with van der Waals surface area (Å²) in [5, 5.41) is 8.61. The number of aliphatic hydroxyl groups excluding tert-OH is 1. The Morgan fingerprint density at radius 3 is 2.23 bits per heavy atom. The smallest absolute Gasteiger partial charge is 0.245 e. The van der Waals surface area contributed by atoms with Gasteiger partial charge in [-0.15, -0.1) is 0 Å². The SMILES string of the molecule is OCCC(c1ccccc1)C(F)F. The van der Waals surface area contributed by atoms with Crippen LogP contribution in [0.3, 0.4) is 0 Å². The fourth-order valence-corrected chi connectivity index (χ4v) is 1.28. The van der Waals surface area contributed by atoms with Crippen molar-refractivity contribution in [3.05, 3.63) is 35.9 Å². The molecule has 1 aromatic carbocycles. The van der Waals surface area contributed by atoms with E-state index in [-0.39, 0.29) is 13.0 Å². The van der Waals surface area contributed by atoms with E-state index in [1.165, 1.54) is 0 Å². The van der Waals surface area contributed by atoms with Crippen molar-refractivity contribution in [3.63, 3.8) is 0 Å². The Labute approximate surface area is 76.0 Å². The Hall–Kier alpha value is -0.960. The summed E-state index contributed by atoms with van der Waals surface area (Å²) < 4.78 is 24.9. The second kappa shape index (κ2) is 4.92. The van der Waals surface area contributed by atoms with Crippen LogP contribution in [0.4, 0.5) is 8.78 Å². The molecule has 0 fully saturated rings. The summed E-state index contributed by atoms with van der Waals surface area (Å²) in [4.78, 5) is 0. The second-order valence-corrected chi connectivity index (χ2v) is 2.86. The first-order chi connectivity index (χ1) is 6.25. The molecule has 13 heavy (non-hydrogen) atoms. The molecule has 0 bridgehead atoms. The average molecular weight is 186 g/mol. The molecule has 1 atom stereocenters. The topological polar surface area (TPSA) is 20.2 Å². The Kier molecular flexibility index (Phi) is 3.83. The van der Waals surface area contributed by atoms with Crippen molar-refractivity contribution in [1.82, 2.24) is 0 Å². The van der Waals surface area contributed by atoms with Crippen molar-refractivity contribution >= 4 is 0 Å². The molecule has 1 rings (SSSR count). The van der Waals surface area contributed by atoms with Crippen molar-refractivity contribution in [2.24, 2.45) is 0 Å². The van der Waals surface area contributed by atoms with Gasteiger partial charge in [0.1, 0.15) is 0 Å². The van der Waals surface area contributed by atoms with Gasteiger partial charge in [0.05, 0.1) is 0 Å². The van der Waals surface area contributed by atoms with Crippen molar-refractivity contribution in [3.8, 4) is 0 Å². The van der Waals surface area contributed by atoms with Crippen LogP contribution in [-0.2, 0) is 0 Å². The van der Waals surface area contributed by atoms with E-state index in [1.807, 2.05) is 0 Å². The van der Waals surface area contributed by atoms with E-state index in [0.717, 1.165) is 0 Å². The zero-order valence-corrected chi connectivity index (χ0v) is 7.16. The summed E-state index contributed by atoms with van der Waals surface area (Å²) in [5.41, 5.74) is 0.589. The van der Waals surface area contributed by atoms with Gasteiger partial charge in [0.25, 0.3) is 0 Å². The molecule has 0 aromatic heterocycles.